The van der Waals surface area contributed by atoms with Crippen LogP contribution in [0.4, 0.5) is 11.4 Å². The molecule has 0 radical (unpaired) electrons. The summed E-state index contributed by atoms with van der Waals surface area (Å²) in [6.45, 7) is 11.0. The minimum Gasteiger partial charge on any atom is -0.370 e. The van der Waals surface area contributed by atoms with Crippen LogP contribution in [0.1, 0.15) is 55.0 Å². The van der Waals surface area contributed by atoms with Crippen LogP contribution in [-0.2, 0) is 0 Å². The van der Waals surface area contributed by atoms with Crippen molar-refractivity contribution in [2.24, 2.45) is 11.8 Å². The smallest absolute Gasteiger partial charge is 0.174 e. The summed E-state index contributed by atoms with van der Waals surface area (Å²) in [7, 11) is 0. The number of rotatable bonds is 5. The van der Waals surface area contributed by atoms with Crippen molar-refractivity contribution in [2.45, 2.75) is 46.2 Å². The van der Waals surface area contributed by atoms with Crippen LogP contribution in [0.2, 0.25) is 5.02 Å². The Labute approximate surface area is 261 Å². The van der Waals surface area contributed by atoms with Gasteiger partial charge in [-0.15, -0.1) is 0 Å². The molecule has 2 aliphatic heterocycles. The Morgan fingerprint density at radius 3 is 2.41 bits per heavy atom. The average Bonchev–Trinajstić information content (AvgIpc) is 3.43. The molecule has 2 fully saturated rings. The molecule has 212 valence electrons. The largest absolute Gasteiger partial charge is 0.370 e. The molecule has 5 nitrogen and oxygen atoms in total. The molecule has 1 N–H and O–H groups in total. The zero-order chi connectivity index (χ0) is 28.8. The summed E-state index contributed by atoms with van der Waals surface area (Å²) in [5.74, 6) is 1.29. The third-order valence-electron chi connectivity index (χ3n) is 8.37. The number of nitrogens with zero attached hydrogens (tertiary/aromatic N) is 4. The van der Waals surface area contributed by atoms with Crippen molar-refractivity contribution in [2.75, 3.05) is 22.9 Å². The summed E-state index contributed by atoms with van der Waals surface area (Å²) >= 11 is 16.7. The van der Waals surface area contributed by atoms with Gasteiger partial charge in [-0.25, -0.2) is 0 Å². The lowest BCUT2D eigenvalue weighted by molar-refractivity contribution is 0.357. The number of aryl methyl sites for hydroxylation is 1. The normalized spacial score (nSPS) is 22.7. The molecule has 4 heterocycles. The highest BCUT2D eigenvalue weighted by atomic mass is 79.9. The van der Waals surface area contributed by atoms with E-state index in [0.717, 1.165) is 51.0 Å². The first-order valence-electron chi connectivity index (χ1n) is 14.2. The molecule has 4 aromatic rings. The van der Waals surface area contributed by atoms with Crippen LogP contribution in [0.5, 0.6) is 0 Å². The SMILES string of the molecule is Cc1cc([C@@H]2[C@H](c3ccccn3)NC(=S)N2c2ccc(N3C[C@H](C)C[C@@H](C)C3)c(Cl)c2)c(C)n1-c1cccc(Br)c1. The van der Waals surface area contributed by atoms with Crippen LogP contribution in [0.3, 0.4) is 0 Å². The van der Waals surface area contributed by atoms with E-state index in [0.29, 0.717) is 16.9 Å². The van der Waals surface area contributed by atoms with E-state index in [9.17, 15) is 0 Å². The highest BCUT2D eigenvalue weighted by Gasteiger charge is 2.42. The molecule has 0 spiro atoms. The fourth-order valence-electron chi connectivity index (χ4n) is 6.81. The lowest BCUT2D eigenvalue weighted by atomic mass is 9.91. The number of hydrogen-bond donors (Lipinski definition) is 1. The molecule has 6 rings (SSSR count). The third-order valence-corrected chi connectivity index (χ3v) is 9.48. The second-order valence-corrected chi connectivity index (χ2v) is 13.3. The van der Waals surface area contributed by atoms with Crippen LogP contribution in [0.25, 0.3) is 5.69 Å². The lowest BCUT2D eigenvalue weighted by Crippen LogP contribution is -2.38. The topological polar surface area (TPSA) is 36.3 Å². The van der Waals surface area contributed by atoms with Gasteiger partial charge in [-0.3, -0.25) is 4.98 Å². The molecule has 2 saturated heterocycles. The van der Waals surface area contributed by atoms with Gasteiger partial charge in [0.15, 0.2) is 5.11 Å². The van der Waals surface area contributed by atoms with E-state index < -0.39 is 0 Å². The zero-order valence-corrected chi connectivity index (χ0v) is 27.0. The predicted molar refractivity (Wildman–Crippen MR) is 177 cm³/mol. The molecule has 0 bridgehead atoms. The minimum absolute atomic E-state index is 0.110. The number of anilines is 2. The average molecular weight is 649 g/mol. The fourth-order valence-corrected chi connectivity index (χ4v) is 7.84. The summed E-state index contributed by atoms with van der Waals surface area (Å²) in [5.41, 5.74) is 7.67. The van der Waals surface area contributed by atoms with Crippen molar-refractivity contribution < 1.29 is 0 Å². The fraction of sp³-hybridized carbons (Fsp3) is 0.333. The minimum atomic E-state index is -0.123. The Morgan fingerprint density at radius 1 is 0.951 bits per heavy atom. The van der Waals surface area contributed by atoms with Crippen molar-refractivity contribution >= 4 is 56.2 Å². The van der Waals surface area contributed by atoms with Crippen molar-refractivity contribution in [3.05, 3.63) is 105 Å². The molecule has 2 aromatic carbocycles. The zero-order valence-electron chi connectivity index (χ0n) is 23.8. The first-order chi connectivity index (χ1) is 19.7. The molecule has 0 unspecified atom stereocenters. The summed E-state index contributed by atoms with van der Waals surface area (Å²) < 4.78 is 3.36. The third kappa shape index (κ3) is 5.40. The second kappa shape index (κ2) is 11.4. The van der Waals surface area contributed by atoms with Crippen molar-refractivity contribution in [1.29, 1.82) is 0 Å². The Balaban J connectivity index is 1.44. The number of halogens is 2. The van der Waals surface area contributed by atoms with Gasteiger partial charge in [-0.1, -0.05) is 53.5 Å². The van der Waals surface area contributed by atoms with Crippen molar-refractivity contribution in [3.63, 3.8) is 0 Å². The van der Waals surface area contributed by atoms with Crippen molar-refractivity contribution in [3.8, 4) is 5.69 Å². The van der Waals surface area contributed by atoms with Crippen LogP contribution in [0.15, 0.2) is 77.4 Å². The van der Waals surface area contributed by atoms with Crippen LogP contribution >= 0.6 is 39.7 Å². The van der Waals surface area contributed by atoms with Gasteiger partial charge in [-0.05, 0) is 104 Å². The number of hydrogen-bond acceptors (Lipinski definition) is 3. The molecular formula is C33H35BrClN5S. The molecule has 8 heteroatoms. The van der Waals surface area contributed by atoms with Crippen LogP contribution in [0, 0.1) is 25.7 Å². The van der Waals surface area contributed by atoms with Gasteiger partial charge in [0, 0.05) is 46.5 Å². The maximum Gasteiger partial charge on any atom is 0.174 e. The van der Waals surface area contributed by atoms with Gasteiger partial charge in [0.2, 0.25) is 0 Å². The Bertz CT molecular complexity index is 1580. The van der Waals surface area contributed by atoms with E-state index in [1.54, 1.807) is 0 Å². The maximum absolute atomic E-state index is 7.03. The first-order valence-corrected chi connectivity index (χ1v) is 15.8. The highest BCUT2D eigenvalue weighted by Crippen LogP contribution is 2.45. The number of benzene rings is 2. The number of aromatic nitrogens is 2. The predicted octanol–water partition coefficient (Wildman–Crippen LogP) is 8.56. The van der Waals surface area contributed by atoms with Gasteiger partial charge in [-0.2, -0.15) is 0 Å². The Kier molecular flexibility index (Phi) is 7.88. The molecule has 2 aliphatic rings. The molecule has 4 atom stereocenters. The second-order valence-electron chi connectivity index (χ2n) is 11.6. The first kappa shape index (κ1) is 28.3. The lowest BCUT2D eigenvalue weighted by Gasteiger charge is -2.37. The number of nitrogens with one attached hydrogen (secondary N) is 1. The van der Waals surface area contributed by atoms with E-state index in [1.807, 2.05) is 18.3 Å². The number of thiocarbonyl (C=S) groups is 1. The summed E-state index contributed by atoms with van der Waals surface area (Å²) in [6, 6.07) is 22.9. The highest BCUT2D eigenvalue weighted by molar-refractivity contribution is 9.10. The standard InChI is InChI=1S/C33H35BrClN5S/c1-20-14-21(2)19-38(18-20)30-12-11-26(17-28(30)35)40-32(31(37-33(40)41)29-10-5-6-13-36-29)27-15-22(3)39(23(27)4)25-9-7-8-24(34)16-25/h5-13,15-17,20-21,31-32H,14,18-19H2,1-4H3,(H,37,41)/t20-,21-,31+,32-/m1/s1. The van der Waals surface area contributed by atoms with Gasteiger partial charge in [0.1, 0.15) is 0 Å². The number of piperidine rings is 1. The molecule has 0 saturated carbocycles. The quantitative estimate of drug-likeness (QED) is 0.220. The van der Waals surface area contributed by atoms with E-state index >= 15 is 0 Å². The Hall–Kier alpha value is -2.87. The van der Waals surface area contributed by atoms with Crippen molar-refractivity contribution in [1.82, 2.24) is 14.9 Å². The van der Waals surface area contributed by atoms with E-state index in [4.69, 9.17) is 28.8 Å². The van der Waals surface area contributed by atoms with Gasteiger partial charge in [0.25, 0.3) is 0 Å². The van der Waals surface area contributed by atoms with Gasteiger partial charge in [0.05, 0.1) is 28.5 Å². The molecule has 2 aromatic heterocycles. The summed E-state index contributed by atoms with van der Waals surface area (Å²) in [4.78, 5) is 9.40. The molecular weight excluding hydrogens is 614 g/mol. The molecule has 41 heavy (non-hydrogen) atoms. The Morgan fingerprint density at radius 2 is 1.73 bits per heavy atom. The van der Waals surface area contributed by atoms with E-state index in [1.165, 1.54) is 17.7 Å². The van der Waals surface area contributed by atoms with E-state index in [-0.39, 0.29) is 12.1 Å². The van der Waals surface area contributed by atoms with Crippen LogP contribution in [-0.4, -0.2) is 27.8 Å². The number of pyridine rings is 1. The van der Waals surface area contributed by atoms with Gasteiger partial charge >= 0.3 is 0 Å². The van der Waals surface area contributed by atoms with Crippen LogP contribution < -0.4 is 15.1 Å². The monoisotopic (exact) mass is 647 g/mol. The summed E-state index contributed by atoms with van der Waals surface area (Å²) in [6.07, 6.45) is 3.10. The molecule has 0 aliphatic carbocycles. The molecule has 0 amide bonds. The van der Waals surface area contributed by atoms with Gasteiger partial charge < -0.3 is 19.7 Å². The maximum atomic E-state index is 7.03. The van der Waals surface area contributed by atoms with E-state index in [2.05, 4.69) is 118 Å². The summed E-state index contributed by atoms with van der Waals surface area (Å²) in [5, 5.41) is 5.03.